The summed E-state index contributed by atoms with van der Waals surface area (Å²) in [7, 11) is 1.56. The minimum Gasteiger partial charge on any atom is -0.497 e. The van der Waals surface area contributed by atoms with Crippen molar-refractivity contribution in [2.45, 2.75) is 0 Å². The van der Waals surface area contributed by atoms with Crippen LogP contribution in [0.2, 0.25) is 0 Å². The van der Waals surface area contributed by atoms with E-state index in [4.69, 9.17) is 27.1 Å². The Morgan fingerprint density at radius 2 is 2.21 bits per heavy atom. The van der Waals surface area contributed by atoms with E-state index < -0.39 is 5.63 Å². The zero-order valence-electron chi connectivity index (χ0n) is 10.2. The van der Waals surface area contributed by atoms with Gasteiger partial charge in [-0.3, -0.25) is 0 Å². The minimum absolute atomic E-state index is 0.0372. The zero-order valence-corrected chi connectivity index (χ0v) is 11.0. The van der Waals surface area contributed by atoms with E-state index in [1.807, 2.05) is 0 Å². The number of hydrogen-bond donors (Lipinski definition) is 2. The molecule has 0 amide bonds. The van der Waals surface area contributed by atoms with Gasteiger partial charge in [0.25, 0.3) is 0 Å². The van der Waals surface area contributed by atoms with Gasteiger partial charge in [-0.1, -0.05) is 6.58 Å². The van der Waals surface area contributed by atoms with Gasteiger partial charge in [-0.2, -0.15) is 0 Å². The smallest absolute Gasteiger partial charge is 0.345 e. The van der Waals surface area contributed by atoms with E-state index in [2.05, 4.69) is 11.9 Å². The van der Waals surface area contributed by atoms with Crippen LogP contribution in [0.1, 0.15) is 5.56 Å². The Kier molecular flexibility index (Phi) is 3.52. The maximum atomic E-state index is 11.8. The Hall–Kier alpha value is -2.34. The number of fused-ring (bicyclic) bond motifs is 1. The van der Waals surface area contributed by atoms with Crippen molar-refractivity contribution in [2.24, 2.45) is 5.73 Å². The molecule has 0 aliphatic heterocycles. The molecule has 0 atom stereocenters. The van der Waals surface area contributed by atoms with Crippen molar-refractivity contribution in [1.29, 1.82) is 0 Å². The fourth-order valence-electron chi connectivity index (χ4n) is 1.65. The van der Waals surface area contributed by atoms with Crippen LogP contribution in [0.15, 0.2) is 40.1 Å². The molecular formula is C13H12N2O3S. The van der Waals surface area contributed by atoms with Gasteiger partial charge in [0.2, 0.25) is 0 Å². The molecule has 0 radical (unpaired) electrons. The second-order valence-corrected chi connectivity index (χ2v) is 4.26. The first kappa shape index (κ1) is 13.1. The van der Waals surface area contributed by atoms with Crippen LogP contribution < -0.4 is 21.4 Å². The summed E-state index contributed by atoms with van der Waals surface area (Å²) in [6.07, 6.45) is 0. The topological polar surface area (TPSA) is 77.5 Å². The first-order chi connectivity index (χ1) is 9.01. The molecule has 0 unspecified atom stereocenters. The number of nitrogens with two attached hydrogens (primary N) is 1. The second-order valence-electron chi connectivity index (χ2n) is 3.82. The van der Waals surface area contributed by atoms with E-state index in [-0.39, 0.29) is 10.7 Å². The van der Waals surface area contributed by atoms with Gasteiger partial charge in [0.05, 0.1) is 12.7 Å². The van der Waals surface area contributed by atoms with Crippen molar-refractivity contribution in [3.05, 3.63) is 46.8 Å². The van der Waals surface area contributed by atoms with Crippen LogP contribution in [0.3, 0.4) is 0 Å². The Bertz CT molecular complexity index is 721. The summed E-state index contributed by atoms with van der Waals surface area (Å²) in [5.74, 6) is 0.667. The van der Waals surface area contributed by atoms with Gasteiger partial charge in [0.15, 0.2) is 5.11 Å². The molecule has 0 aliphatic carbocycles. The normalized spacial score (nSPS) is 10.2. The monoisotopic (exact) mass is 276 g/mol. The van der Waals surface area contributed by atoms with Crippen molar-refractivity contribution in [3.8, 4) is 5.75 Å². The molecule has 1 heterocycles. The molecular weight excluding hydrogens is 264 g/mol. The van der Waals surface area contributed by atoms with Gasteiger partial charge in [-0.25, -0.2) is 4.79 Å². The Morgan fingerprint density at radius 1 is 1.47 bits per heavy atom. The molecule has 0 aliphatic rings. The van der Waals surface area contributed by atoms with E-state index >= 15 is 0 Å². The van der Waals surface area contributed by atoms with Crippen molar-refractivity contribution < 1.29 is 9.15 Å². The number of thiocarbonyl (C=S) groups is 1. The van der Waals surface area contributed by atoms with Gasteiger partial charge >= 0.3 is 5.63 Å². The Labute approximate surface area is 114 Å². The van der Waals surface area contributed by atoms with Gasteiger partial charge in [0, 0.05) is 11.1 Å². The highest BCUT2D eigenvalue weighted by molar-refractivity contribution is 7.80. The van der Waals surface area contributed by atoms with E-state index in [9.17, 15) is 4.79 Å². The Morgan fingerprint density at radius 3 is 2.84 bits per heavy atom. The van der Waals surface area contributed by atoms with Gasteiger partial charge < -0.3 is 20.2 Å². The largest absolute Gasteiger partial charge is 0.497 e. The molecule has 6 heteroatoms. The highest BCUT2D eigenvalue weighted by Crippen LogP contribution is 2.21. The molecule has 0 fully saturated rings. The number of ether oxygens (including phenoxy) is 1. The highest BCUT2D eigenvalue weighted by atomic mass is 32.1. The number of nitrogens with one attached hydrogen (secondary N) is 1. The molecule has 0 spiro atoms. The molecule has 5 nitrogen and oxygen atoms in total. The summed E-state index contributed by atoms with van der Waals surface area (Å²) in [5.41, 5.74) is 5.88. The maximum Gasteiger partial charge on any atom is 0.345 e. The number of hydrogen-bond acceptors (Lipinski definition) is 4. The van der Waals surface area contributed by atoms with Crippen molar-refractivity contribution in [2.75, 3.05) is 7.11 Å². The van der Waals surface area contributed by atoms with E-state index in [0.717, 1.165) is 5.39 Å². The third-order valence-corrected chi connectivity index (χ3v) is 2.64. The van der Waals surface area contributed by atoms with Crippen LogP contribution >= 0.6 is 12.2 Å². The predicted molar refractivity (Wildman–Crippen MR) is 78.0 cm³/mol. The molecule has 2 rings (SSSR count). The molecule has 3 N–H and O–H groups in total. The summed E-state index contributed by atoms with van der Waals surface area (Å²) in [6.45, 7) is 3.71. The van der Waals surface area contributed by atoms with E-state index in [0.29, 0.717) is 17.0 Å². The van der Waals surface area contributed by atoms with Crippen LogP contribution in [-0.2, 0) is 0 Å². The number of methoxy groups -OCH3 is 1. The molecule has 19 heavy (non-hydrogen) atoms. The third-order valence-electron chi connectivity index (χ3n) is 2.54. The maximum absolute atomic E-state index is 11.8. The predicted octanol–water partition coefficient (Wildman–Crippen LogP) is 1.61. The lowest BCUT2D eigenvalue weighted by molar-refractivity contribution is 0.415. The zero-order chi connectivity index (χ0) is 14.0. The van der Waals surface area contributed by atoms with Gasteiger partial charge in [-0.05, 0) is 36.5 Å². The first-order valence-electron chi connectivity index (χ1n) is 5.39. The lowest BCUT2D eigenvalue weighted by Crippen LogP contribution is -2.28. The van der Waals surface area contributed by atoms with Crippen LogP contribution in [0, 0.1) is 0 Å². The average Bonchev–Trinajstić information content (AvgIpc) is 2.36. The van der Waals surface area contributed by atoms with Crippen molar-refractivity contribution in [3.63, 3.8) is 0 Å². The molecule has 0 saturated carbocycles. The van der Waals surface area contributed by atoms with Crippen LogP contribution in [0.4, 0.5) is 0 Å². The molecule has 1 aromatic carbocycles. The van der Waals surface area contributed by atoms with Crippen molar-refractivity contribution in [1.82, 2.24) is 5.32 Å². The average molecular weight is 276 g/mol. The summed E-state index contributed by atoms with van der Waals surface area (Å²) in [4.78, 5) is 11.8. The summed E-state index contributed by atoms with van der Waals surface area (Å²) in [5, 5.41) is 3.38. The quantitative estimate of drug-likeness (QED) is 0.655. The lowest BCUT2D eigenvalue weighted by atomic mass is 10.1. The molecule has 0 saturated heterocycles. The lowest BCUT2D eigenvalue weighted by Gasteiger charge is -2.07. The van der Waals surface area contributed by atoms with Crippen LogP contribution in [-0.4, -0.2) is 12.2 Å². The molecule has 2 aromatic rings. The second kappa shape index (κ2) is 5.11. The molecule has 1 aromatic heterocycles. The number of rotatable bonds is 3. The van der Waals surface area contributed by atoms with Gasteiger partial charge in [0.1, 0.15) is 11.3 Å². The first-order valence-corrected chi connectivity index (χ1v) is 5.79. The van der Waals surface area contributed by atoms with E-state index in [1.165, 1.54) is 0 Å². The fourth-order valence-corrected chi connectivity index (χ4v) is 1.78. The standard InChI is InChI=1S/C13H12N2O3S/c1-7(15-13(14)19)10-6-8-5-9(17-2)3-4-11(8)18-12(10)16/h3-6H,1H2,2H3,(H3,14,15,19). The summed E-state index contributed by atoms with van der Waals surface area (Å²) < 4.78 is 10.3. The summed E-state index contributed by atoms with van der Waals surface area (Å²) >= 11 is 4.70. The van der Waals surface area contributed by atoms with Gasteiger partial charge in [-0.15, -0.1) is 0 Å². The van der Waals surface area contributed by atoms with Crippen LogP contribution in [0.5, 0.6) is 5.75 Å². The highest BCUT2D eigenvalue weighted by Gasteiger charge is 2.09. The summed E-state index contributed by atoms with van der Waals surface area (Å²) in [6, 6.07) is 6.79. The molecule has 0 bridgehead atoms. The fraction of sp³-hybridized carbons (Fsp3) is 0.0769. The SMILES string of the molecule is C=C(NC(N)=S)c1cc2cc(OC)ccc2oc1=O. The molecule has 98 valence electrons. The number of benzene rings is 1. The third kappa shape index (κ3) is 2.74. The van der Waals surface area contributed by atoms with Crippen molar-refractivity contribution >= 4 is 34.0 Å². The minimum atomic E-state index is -0.508. The Balaban J connectivity index is 2.56. The van der Waals surface area contributed by atoms with E-state index in [1.54, 1.807) is 31.4 Å². The van der Waals surface area contributed by atoms with Crippen LogP contribution in [0.25, 0.3) is 16.7 Å².